The van der Waals surface area contributed by atoms with Gasteiger partial charge in [0.05, 0.1) is 65.3 Å². The molecule has 3 heterocycles. The van der Waals surface area contributed by atoms with E-state index in [-0.39, 0.29) is 23.3 Å². The van der Waals surface area contributed by atoms with Crippen LogP contribution in [0.5, 0.6) is 11.5 Å². The molecule has 3 saturated heterocycles. The summed E-state index contributed by atoms with van der Waals surface area (Å²) in [4.78, 5) is 87.7. The average Bonchev–Trinajstić information content (AvgIpc) is 0.860. The number of para-hydroxylation sites is 8. The minimum Gasteiger partial charge on any atom is -0.497 e. The van der Waals surface area contributed by atoms with Crippen molar-refractivity contribution in [3.8, 4) is 11.5 Å². The van der Waals surface area contributed by atoms with Crippen LogP contribution in [0.1, 0.15) is 134 Å². The highest BCUT2D eigenvalue weighted by molar-refractivity contribution is 6.08. The van der Waals surface area contributed by atoms with E-state index in [0.717, 1.165) is 26.2 Å². The highest BCUT2D eigenvalue weighted by Crippen LogP contribution is 2.27. The van der Waals surface area contributed by atoms with Gasteiger partial charge >= 0.3 is 24.2 Å². The monoisotopic (exact) mass is 1420 g/mol. The second-order valence-corrected chi connectivity index (χ2v) is 27.0. The van der Waals surface area contributed by atoms with E-state index in [2.05, 4.69) is 47.0 Å². The molecule has 24 heteroatoms. The number of nitrogens with two attached hydrogens (primary N) is 2. The van der Waals surface area contributed by atoms with Gasteiger partial charge in [0.2, 0.25) is 0 Å². The molecule has 0 bridgehead atoms. The Morgan fingerprint density at radius 1 is 0.375 bits per heavy atom. The van der Waals surface area contributed by atoms with E-state index in [9.17, 15) is 33.6 Å². The number of carbonyl (C=O) groups is 7. The molecule has 24 nitrogen and oxygen atoms in total. The third-order valence-corrected chi connectivity index (χ3v) is 15.0. The first-order valence-corrected chi connectivity index (χ1v) is 34.1. The Kier molecular flexibility index (Phi) is 31.5. The molecule has 6 amide bonds. The van der Waals surface area contributed by atoms with E-state index < -0.39 is 41.1 Å². The van der Waals surface area contributed by atoms with Crippen molar-refractivity contribution in [3.05, 3.63) is 228 Å². The van der Waals surface area contributed by atoms with E-state index in [1.807, 2.05) is 60.7 Å². The number of aromatic carboxylic acids is 1. The number of likely N-dealkylation sites (tertiary alicyclic amines) is 2. The van der Waals surface area contributed by atoms with Crippen LogP contribution in [-0.4, -0.2) is 127 Å². The van der Waals surface area contributed by atoms with Gasteiger partial charge in [0, 0.05) is 29.8 Å². The van der Waals surface area contributed by atoms with Crippen LogP contribution < -0.4 is 58.2 Å². The predicted octanol–water partition coefficient (Wildman–Crippen LogP) is 15.5. The van der Waals surface area contributed by atoms with Gasteiger partial charge in [-0.1, -0.05) is 72.8 Å². The van der Waals surface area contributed by atoms with Crippen LogP contribution >= 0.6 is 0 Å². The van der Waals surface area contributed by atoms with E-state index in [4.69, 9.17) is 40.3 Å². The summed E-state index contributed by atoms with van der Waals surface area (Å²) in [6, 6.07) is 56.6. The third-order valence-electron chi connectivity index (χ3n) is 15.0. The Balaban J connectivity index is 0.000000207. The van der Waals surface area contributed by atoms with Crippen molar-refractivity contribution in [2.45, 2.75) is 111 Å². The van der Waals surface area contributed by atoms with Crippen LogP contribution in [0.4, 0.5) is 59.9 Å². The summed E-state index contributed by atoms with van der Waals surface area (Å²) < 4.78 is 25.5. The minimum absolute atomic E-state index is 0.136. The number of amides is 6. The Morgan fingerprint density at radius 2 is 0.625 bits per heavy atom. The Labute approximate surface area is 609 Å². The number of carboxylic acids is 1. The molecular weight excluding hydrogens is 1320 g/mol. The number of hydrogen-bond donors (Lipinski definition) is 10. The van der Waals surface area contributed by atoms with E-state index in [1.165, 1.54) is 75.8 Å². The van der Waals surface area contributed by atoms with Crippen molar-refractivity contribution in [3.63, 3.8) is 0 Å². The molecule has 0 unspecified atom stereocenters. The quantitative estimate of drug-likeness (QED) is 0.0317. The third kappa shape index (κ3) is 30.0. The molecule has 8 aromatic carbocycles. The lowest BCUT2D eigenvalue weighted by Gasteiger charge is -2.30. The fourth-order valence-electron chi connectivity index (χ4n) is 9.22. The zero-order valence-electron chi connectivity index (χ0n) is 61.1. The van der Waals surface area contributed by atoms with Crippen LogP contribution in [0.3, 0.4) is 0 Å². The number of benzene rings is 8. The van der Waals surface area contributed by atoms with Crippen LogP contribution in [0, 0.1) is 0 Å². The summed E-state index contributed by atoms with van der Waals surface area (Å²) in [5.41, 5.74) is 18.4. The first-order chi connectivity index (χ1) is 49.4. The standard InChI is InChI=1S/C22H27N3O3.C19H22N2O4.C17H19N3O.C11H16N2O2.C8H8O3.C3H7N/c1-22(2,3)28-21(27)24-19-8-5-4-7-18(19)23-20(26)17-11-9-16(10-12-17)15-25-13-6-14-25;1-19(2,3)25-18(23)21-16-8-6-5-7-15(16)20-17(22)13-9-11-14(24-4)12-10-13;18-15-4-1-2-5-16(15)19-17(21)14-8-6-13(7-9-14)12-20-10-3-11-20;1-11(2,3)15-10(14)13-9-7-5-4-6-8(9)12;1-11-7-4-2-6(3-5-7)8(9)10;1-2-4-3-1/h4-5,7-12H,6,13-15H2,1-3H3,(H,23,26)(H,24,27);5-12H,1-4H3,(H,20,22)(H,21,23);1-2,4-9H,3,10-12,18H2,(H,19,21);4-7H,12H2,1-3H3,(H,13,14);2-5H,1H3,(H,9,10);4H,1-3H2. The largest absolute Gasteiger partial charge is 0.497 e. The molecule has 0 radical (unpaired) electrons. The van der Waals surface area contributed by atoms with Crippen molar-refractivity contribution in [1.29, 1.82) is 0 Å². The molecule has 3 aliphatic heterocycles. The van der Waals surface area contributed by atoms with Crippen LogP contribution in [-0.2, 0) is 27.3 Å². The number of nitrogens with zero attached hydrogens (tertiary/aromatic N) is 2. The summed E-state index contributed by atoms with van der Waals surface area (Å²) in [6.45, 7) is 25.2. The van der Waals surface area contributed by atoms with E-state index >= 15 is 0 Å². The fraction of sp³-hybridized carbons (Fsp3) is 0.312. The summed E-state index contributed by atoms with van der Waals surface area (Å²) in [7, 11) is 3.10. The summed E-state index contributed by atoms with van der Waals surface area (Å²) >= 11 is 0. The predicted molar refractivity (Wildman–Crippen MR) is 411 cm³/mol. The molecule has 0 saturated carbocycles. The van der Waals surface area contributed by atoms with Crippen molar-refractivity contribution in [2.24, 2.45) is 0 Å². The molecule has 11 rings (SSSR count). The van der Waals surface area contributed by atoms with Gasteiger partial charge in [-0.3, -0.25) is 40.1 Å². The van der Waals surface area contributed by atoms with Crippen molar-refractivity contribution in [1.82, 2.24) is 15.1 Å². The van der Waals surface area contributed by atoms with Crippen molar-refractivity contribution < 1.29 is 62.4 Å². The van der Waals surface area contributed by atoms with Crippen molar-refractivity contribution >= 4 is 87.5 Å². The van der Waals surface area contributed by atoms with E-state index in [0.29, 0.717) is 73.7 Å². The lowest BCUT2D eigenvalue weighted by Crippen LogP contribution is -2.36. The van der Waals surface area contributed by atoms with E-state index in [1.54, 1.807) is 191 Å². The first kappa shape index (κ1) is 81.5. The molecule has 12 N–H and O–H groups in total. The number of rotatable bonds is 16. The second-order valence-electron chi connectivity index (χ2n) is 27.0. The number of carboxylic acid groups (broad SMARTS) is 1. The van der Waals surface area contributed by atoms with Crippen molar-refractivity contribution in [2.75, 3.05) is 96.9 Å². The number of nitrogen functional groups attached to an aromatic ring is 2. The van der Waals surface area contributed by atoms with Crippen LogP contribution in [0.2, 0.25) is 0 Å². The molecule has 3 fully saturated rings. The highest BCUT2D eigenvalue weighted by Gasteiger charge is 2.22. The Hall–Kier alpha value is -11.5. The van der Waals surface area contributed by atoms with Gasteiger partial charge in [0.25, 0.3) is 17.7 Å². The fourth-order valence-corrected chi connectivity index (χ4v) is 9.22. The molecule has 8 aromatic rings. The Bertz CT molecular complexity index is 4060. The maximum atomic E-state index is 12.6. The lowest BCUT2D eigenvalue weighted by molar-refractivity contribution is 0.0624. The molecule has 0 aromatic heterocycles. The maximum absolute atomic E-state index is 12.6. The summed E-state index contributed by atoms with van der Waals surface area (Å²) in [5.74, 6) is -0.246. The van der Waals surface area contributed by atoms with Gasteiger partial charge in [-0.25, -0.2) is 19.2 Å². The highest BCUT2D eigenvalue weighted by atomic mass is 16.6. The molecule has 3 aliphatic rings. The van der Waals surface area contributed by atoms with Gasteiger partial charge in [-0.2, -0.15) is 0 Å². The number of methoxy groups -OCH3 is 2. The minimum atomic E-state index is -0.923. The molecular formula is C80H99N11O13. The van der Waals surface area contributed by atoms with Gasteiger partial charge in [-0.05, 0) is 253 Å². The van der Waals surface area contributed by atoms with Gasteiger partial charge in [0.1, 0.15) is 28.3 Å². The summed E-state index contributed by atoms with van der Waals surface area (Å²) in [5, 5.41) is 28.0. The topological polar surface area (TPSA) is 329 Å². The van der Waals surface area contributed by atoms with Crippen LogP contribution in [0.15, 0.2) is 194 Å². The second kappa shape index (κ2) is 40.2. The van der Waals surface area contributed by atoms with Gasteiger partial charge in [0.15, 0.2) is 0 Å². The number of hydrogen-bond acceptors (Lipinski definition) is 17. The zero-order valence-corrected chi connectivity index (χ0v) is 61.1. The molecule has 0 atom stereocenters. The molecule has 0 aliphatic carbocycles. The summed E-state index contributed by atoms with van der Waals surface area (Å²) in [6.07, 6.45) is 2.29. The average molecular weight is 1420 g/mol. The zero-order chi connectivity index (χ0) is 75.8. The number of carbonyl (C=O) groups excluding carboxylic acids is 6. The number of nitrogens with one attached hydrogen (secondary N) is 7. The Morgan fingerprint density at radius 3 is 0.885 bits per heavy atom. The normalized spacial score (nSPS) is 12.8. The SMILES string of the molecule is C1CNC1.CC(C)(C)OC(=O)Nc1ccccc1N.CC(C)(C)OC(=O)Nc1ccccc1NC(=O)c1ccc(CN2CCC2)cc1.COc1ccc(C(=O)Nc2ccccc2NC(=O)OC(C)(C)C)cc1.COc1ccc(C(=O)O)cc1.Nc1ccccc1NC(=O)c1ccc(CN2CCC2)cc1. The molecule has 104 heavy (non-hydrogen) atoms. The van der Waals surface area contributed by atoms with Crippen LogP contribution in [0.25, 0.3) is 0 Å². The number of anilines is 8. The number of ether oxygens (including phenoxy) is 5. The van der Waals surface area contributed by atoms with Gasteiger partial charge < -0.3 is 61.5 Å². The first-order valence-electron chi connectivity index (χ1n) is 34.1. The maximum Gasteiger partial charge on any atom is 0.412 e. The molecule has 0 spiro atoms. The van der Waals surface area contributed by atoms with Gasteiger partial charge in [-0.15, -0.1) is 0 Å². The smallest absolute Gasteiger partial charge is 0.412 e. The molecule has 552 valence electrons. The lowest BCUT2D eigenvalue weighted by atomic mass is 10.1.